The minimum absolute atomic E-state index is 0.170. The maximum atomic E-state index is 14.1. The Kier molecular flexibility index (Phi) is 4.93. The van der Waals surface area contributed by atoms with Gasteiger partial charge in [0, 0.05) is 30.4 Å². The van der Waals surface area contributed by atoms with E-state index in [1.54, 1.807) is 36.1 Å². The zero-order valence-corrected chi connectivity index (χ0v) is 15.8. The summed E-state index contributed by atoms with van der Waals surface area (Å²) >= 11 is 0. The predicted octanol–water partition coefficient (Wildman–Crippen LogP) is 5.25. The van der Waals surface area contributed by atoms with Crippen LogP contribution in [-0.2, 0) is 13.1 Å². The topological polar surface area (TPSA) is 42.4 Å². The summed E-state index contributed by atoms with van der Waals surface area (Å²) < 4.78 is 54.8. The highest BCUT2D eigenvalue weighted by molar-refractivity contribution is 6.00. The van der Waals surface area contributed by atoms with E-state index in [0.717, 1.165) is 11.1 Å². The fourth-order valence-corrected chi connectivity index (χ4v) is 3.63. The van der Waals surface area contributed by atoms with Crippen molar-refractivity contribution < 1.29 is 27.1 Å². The number of aryl methyl sites for hydroxylation is 1. The first-order valence-corrected chi connectivity index (χ1v) is 9.09. The largest absolute Gasteiger partial charge is 0.573 e. The molecule has 0 unspecified atom stereocenters. The van der Waals surface area contributed by atoms with Crippen molar-refractivity contribution in [1.29, 1.82) is 0 Å². The summed E-state index contributed by atoms with van der Waals surface area (Å²) in [5.41, 5.74) is 3.74. The molecule has 0 radical (unpaired) electrons. The van der Waals surface area contributed by atoms with E-state index < -0.39 is 12.3 Å². The molecule has 1 aliphatic heterocycles. The smallest absolute Gasteiger partial charge is 0.406 e. The highest BCUT2D eigenvalue weighted by atomic mass is 19.4. The molecule has 2 heterocycles. The van der Waals surface area contributed by atoms with E-state index in [2.05, 4.69) is 9.72 Å². The van der Waals surface area contributed by atoms with Crippen molar-refractivity contribution in [3.63, 3.8) is 0 Å². The number of carbonyl (C=O) groups is 1. The molecule has 0 bridgehead atoms. The van der Waals surface area contributed by atoms with Crippen LogP contribution >= 0.6 is 0 Å². The summed E-state index contributed by atoms with van der Waals surface area (Å²) in [5.74, 6) is -1.07. The number of pyridine rings is 1. The molecule has 8 heteroatoms. The van der Waals surface area contributed by atoms with E-state index in [-0.39, 0.29) is 18.2 Å². The van der Waals surface area contributed by atoms with Crippen molar-refractivity contribution in [3.8, 4) is 16.9 Å². The van der Waals surface area contributed by atoms with Crippen LogP contribution < -0.4 is 4.74 Å². The standard InChI is InChI=1S/C22H16F4N2O2/c1-13-9-15(18-3-2-8-27-20(18)23)10-16-12-28(21(29)19(13)16)11-14-4-6-17(7-5-14)30-22(24,25)26/h2-10H,11-12H2,1H3. The van der Waals surface area contributed by atoms with Crippen LogP contribution in [0.4, 0.5) is 17.6 Å². The number of aromatic nitrogens is 1. The van der Waals surface area contributed by atoms with Gasteiger partial charge >= 0.3 is 6.36 Å². The van der Waals surface area contributed by atoms with Crippen molar-refractivity contribution in [3.05, 3.63) is 82.9 Å². The van der Waals surface area contributed by atoms with Gasteiger partial charge in [0.1, 0.15) is 5.75 Å². The van der Waals surface area contributed by atoms with Crippen LogP contribution in [-0.4, -0.2) is 22.2 Å². The Morgan fingerprint density at radius 2 is 1.87 bits per heavy atom. The van der Waals surface area contributed by atoms with Gasteiger partial charge in [0.25, 0.3) is 5.91 Å². The molecular weight excluding hydrogens is 400 g/mol. The zero-order valence-electron chi connectivity index (χ0n) is 15.8. The lowest BCUT2D eigenvalue weighted by atomic mass is 9.97. The third-order valence-corrected chi connectivity index (χ3v) is 4.88. The molecule has 0 saturated heterocycles. The molecule has 4 nitrogen and oxygen atoms in total. The van der Waals surface area contributed by atoms with E-state index in [4.69, 9.17) is 0 Å². The molecule has 2 aromatic carbocycles. The molecule has 1 amide bonds. The van der Waals surface area contributed by atoms with Gasteiger partial charge in [-0.3, -0.25) is 4.79 Å². The van der Waals surface area contributed by atoms with Gasteiger partial charge in [0.15, 0.2) is 0 Å². The second-order valence-corrected chi connectivity index (χ2v) is 7.02. The lowest BCUT2D eigenvalue weighted by Crippen LogP contribution is -2.23. The molecule has 0 fully saturated rings. The molecule has 4 rings (SSSR count). The van der Waals surface area contributed by atoms with Crippen LogP contribution in [0.2, 0.25) is 0 Å². The fourth-order valence-electron chi connectivity index (χ4n) is 3.63. The van der Waals surface area contributed by atoms with E-state index in [9.17, 15) is 22.4 Å². The minimum Gasteiger partial charge on any atom is -0.406 e. The highest BCUT2D eigenvalue weighted by Crippen LogP contribution is 2.33. The summed E-state index contributed by atoms with van der Waals surface area (Å²) in [5, 5.41) is 0. The predicted molar refractivity (Wildman–Crippen MR) is 101 cm³/mol. The summed E-state index contributed by atoms with van der Waals surface area (Å²) in [6, 6.07) is 12.2. The average molecular weight is 416 g/mol. The van der Waals surface area contributed by atoms with Crippen LogP contribution in [0.1, 0.15) is 27.0 Å². The van der Waals surface area contributed by atoms with E-state index in [0.29, 0.717) is 28.8 Å². The molecule has 0 aliphatic carbocycles. The van der Waals surface area contributed by atoms with Crippen LogP contribution in [0.15, 0.2) is 54.7 Å². The monoisotopic (exact) mass is 416 g/mol. The van der Waals surface area contributed by atoms with Gasteiger partial charge in [0.2, 0.25) is 5.95 Å². The Morgan fingerprint density at radius 3 is 2.53 bits per heavy atom. The Labute approximate surface area is 169 Å². The quantitative estimate of drug-likeness (QED) is 0.431. The first-order chi connectivity index (χ1) is 14.2. The Bertz CT molecular complexity index is 1110. The molecule has 0 saturated carbocycles. The number of carbonyl (C=O) groups excluding carboxylic acids is 1. The SMILES string of the molecule is Cc1cc(-c2cccnc2F)cc2c1C(=O)N(Cc1ccc(OC(F)(F)F)cc1)C2. The van der Waals surface area contributed by atoms with Crippen molar-refractivity contribution in [2.24, 2.45) is 0 Å². The number of rotatable bonds is 4. The number of halogens is 4. The summed E-state index contributed by atoms with van der Waals surface area (Å²) in [4.78, 5) is 18.1. The van der Waals surface area contributed by atoms with Gasteiger partial charge in [-0.15, -0.1) is 13.2 Å². The molecule has 1 aromatic heterocycles. The van der Waals surface area contributed by atoms with Crippen molar-refractivity contribution in [2.45, 2.75) is 26.4 Å². The van der Waals surface area contributed by atoms with Crippen LogP contribution in [0, 0.1) is 12.9 Å². The number of amides is 1. The lowest BCUT2D eigenvalue weighted by Gasteiger charge is -2.16. The summed E-state index contributed by atoms with van der Waals surface area (Å²) in [7, 11) is 0. The van der Waals surface area contributed by atoms with Gasteiger partial charge in [-0.2, -0.15) is 4.39 Å². The summed E-state index contributed by atoms with van der Waals surface area (Å²) in [6.07, 6.45) is -3.38. The lowest BCUT2D eigenvalue weighted by molar-refractivity contribution is -0.274. The molecule has 0 N–H and O–H groups in total. The second kappa shape index (κ2) is 7.44. The first-order valence-electron chi connectivity index (χ1n) is 9.09. The van der Waals surface area contributed by atoms with E-state index >= 15 is 0 Å². The van der Waals surface area contributed by atoms with E-state index in [1.165, 1.54) is 30.5 Å². The van der Waals surface area contributed by atoms with Gasteiger partial charge in [0.05, 0.1) is 0 Å². The Morgan fingerprint density at radius 1 is 1.13 bits per heavy atom. The number of hydrogen-bond donors (Lipinski definition) is 0. The van der Waals surface area contributed by atoms with Gasteiger partial charge < -0.3 is 9.64 Å². The molecule has 0 atom stereocenters. The second-order valence-electron chi connectivity index (χ2n) is 7.02. The number of ether oxygens (including phenoxy) is 1. The fraction of sp³-hybridized carbons (Fsp3) is 0.182. The molecule has 1 aliphatic rings. The average Bonchev–Trinajstić information content (AvgIpc) is 2.98. The maximum Gasteiger partial charge on any atom is 0.573 e. The Balaban J connectivity index is 1.55. The third kappa shape index (κ3) is 3.98. The number of fused-ring (bicyclic) bond motifs is 1. The van der Waals surface area contributed by atoms with Crippen LogP contribution in [0.5, 0.6) is 5.75 Å². The van der Waals surface area contributed by atoms with Crippen LogP contribution in [0.25, 0.3) is 11.1 Å². The first kappa shape index (κ1) is 19.9. The number of benzene rings is 2. The van der Waals surface area contributed by atoms with Gasteiger partial charge in [-0.25, -0.2) is 4.98 Å². The maximum absolute atomic E-state index is 14.1. The van der Waals surface area contributed by atoms with Crippen LogP contribution in [0.3, 0.4) is 0 Å². The van der Waals surface area contributed by atoms with E-state index in [1.807, 2.05) is 0 Å². The Hall–Kier alpha value is -3.42. The van der Waals surface area contributed by atoms with Crippen molar-refractivity contribution >= 4 is 5.91 Å². The normalized spacial score (nSPS) is 13.5. The number of alkyl halides is 3. The zero-order chi connectivity index (χ0) is 21.5. The summed E-state index contributed by atoms with van der Waals surface area (Å²) in [6.45, 7) is 2.35. The molecule has 30 heavy (non-hydrogen) atoms. The third-order valence-electron chi connectivity index (χ3n) is 4.88. The van der Waals surface area contributed by atoms with Gasteiger partial charge in [-0.1, -0.05) is 18.2 Å². The minimum atomic E-state index is -4.75. The highest BCUT2D eigenvalue weighted by Gasteiger charge is 2.32. The molecule has 0 spiro atoms. The van der Waals surface area contributed by atoms with Gasteiger partial charge in [-0.05, 0) is 59.5 Å². The van der Waals surface area contributed by atoms with Crippen molar-refractivity contribution in [1.82, 2.24) is 9.88 Å². The number of nitrogens with zero attached hydrogens (tertiary/aromatic N) is 2. The molecule has 154 valence electrons. The molecule has 3 aromatic rings. The number of hydrogen-bond acceptors (Lipinski definition) is 3. The molecular formula is C22H16F4N2O2. The van der Waals surface area contributed by atoms with Crippen molar-refractivity contribution in [2.75, 3.05) is 0 Å².